The van der Waals surface area contributed by atoms with Crippen LogP contribution in [0.2, 0.25) is 0 Å². The number of carbonyl (C=O) groups excluding carboxylic acids is 1. The Bertz CT molecular complexity index is 88.3. The van der Waals surface area contributed by atoms with E-state index in [2.05, 4.69) is 4.74 Å². The van der Waals surface area contributed by atoms with Crippen molar-refractivity contribution in [1.29, 1.82) is 0 Å². The van der Waals surface area contributed by atoms with Crippen molar-refractivity contribution in [3.63, 3.8) is 0 Å². The molecule has 0 saturated carbocycles. The summed E-state index contributed by atoms with van der Waals surface area (Å²) in [5.41, 5.74) is 0. The Morgan fingerprint density at radius 1 is 1.67 bits per heavy atom. The molecule has 0 amide bonds. The maximum absolute atomic E-state index is 9.65. The van der Waals surface area contributed by atoms with E-state index in [4.69, 9.17) is 0 Å². The van der Waals surface area contributed by atoms with Gasteiger partial charge in [0.05, 0.1) is 0 Å². The molecule has 0 fully saturated rings. The number of hydrogen-bond donors (Lipinski definition) is 0. The summed E-state index contributed by atoms with van der Waals surface area (Å²) in [6.45, 7) is 4.25. The van der Waals surface area contributed by atoms with Crippen LogP contribution in [0.1, 0.15) is 20.3 Å². The number of hydrogen-bond acceptors (Lipinski definition) is 3. The summed E-state index contributed by atoms with van der Waals surface area (Å²) < 4.78 is 4.16. The van der Waals surface area contributed by atoms with E-state index in [0.29, 0.717) is 5.92 Å². The molecule has 0 aromatic heterocycles. The van der Waals surface area contributed by atoms with Crippen molar-refractivity contribution in [1.82, 2.24) is 0 Å². The maximum atomic E-state index is 9.65. The van der Waals surface area contributed by atoms with Crippen LogP contribution in [0, 0.1) is 5.92 Å². The van der Waals surface area contributed by atoms with Crippen molar-refractivity contribution in [2.75, 3.05) is 6.61 Å². The van der Waals surface area contributed by atoms with E-state index in [9.17, 15) is 9.90 Å². The Kier molecular flexibility index (Phi) is 3.84. The molecule has 0 bridgehead atoms. The lowest BCUT2D eigenvalue weighted by Gasteiger charge is -2.08. The molecule has 0 aromatic carbocycles. The third kappa shape index (κ3) is 7.27. The first-order valence-corrected chi connectivity index (χ1v) is 2.96. The van der Waals surface area contributed by atoms with Gasteiger partial charge in [0.1, 0.15) is 0 Å². The van der Waals surface area contributed by atoms with Gasteiger partial charge >= 0.3 is 0 Å². The highest BCUT2D eigenvalue weighted by Crippen LogP contribution is 1.97. The van der Waals surface area contributed by atoms with Crippen molar-refractivity contribution < 1.29 is 14.6 Å². The first-order valence-electron chi connectivity index (χ1n) is 2.96. The summed E-state index contributed by atoms with van der Waals surface area (Å²) in [6, 6.07) is 0. The monoisotopic (exact) mass is 131 g/mol. The number of carboxylic acid groups (broad SMARTS) is 1. The first kappa shape index (κ1) is 8.27. The Balaban J connectivity index is 3.01. The molecule has 0 aromatic rings. The van der Waals surface area contributed by atoms with Gasteiger partial charge in [0.2, 0.25) is 0 Å². The summed E-state index contributed by atoms with van der Waals surface area (Å²) in [5.74, 6) is 0.476. The molecule has 0 unspecified atom stereocenters. The lowest BCUT2D eigenvalue weighted by Crippen LogP contribution is -2.24. The quantitative estimate of drug-likeness (QED) is 0.520. The SMILES string of the molecule is CC(C)CCOC(=O)[O-]. The summed E-state index contributed by atoms with van der Waals surface area (Å²) in [6.07, 6.45) is -0.677. The molecule has 9 heavy (non-hydrogen) atoms. The van der Waals surface area contributed by atoms with Crippen LogP contribution in [0.5, 0.6) is 0 Å². The highest BCUT2D eigenvalue weighted by atomic mass is 16.7. The van der Waals surface area contributed by atoms with E-state index < -0.39 is 6.16 Å². The van der Waals surface area contributed by atoms with Crippen molar-refractivity contribution in [3.05, 3.63) is 0 Å². The molecule has 0 atom stereocenters. The largest absolute Gasteiger partial charge is 0.550 e. The van der Waals surface area contributed by atoms with Crippen LogP contribution in [0.15, 0.2) is 0 Å². The summed E-state index contributed by atoms with van der Waals surface area (Å²) in [4.78, 5) is 9.65. The Hall–Kier alpha value is -0.730. The molecule has 3 nitrogen and oxygen atoms in total. The van der Waals surface area contributed by atoms with Crippen LogP contribution in [-0.4, -0.2) is 12.8 Å². The molecule has 0 heterocycles. The predicted molar refractivity (Wildman–Crippen MR) is 30.8 cm³/mol. The number of carbonyl (C=O) groups is 1. The van der Waals surface area contributed by atoms with Gasteiger partial charge in [-0.25, -0.2) is 0 Å². The molecule has 0 aliphatic carbocycles. The predicted octanol–water partition coefficient (Wildman–Crippen LogP) is 0.392. The molecule has 3 heteroatoms. The van der Waals surface area contributed by atoms with E-state index in [1.54, 1.807) is 0 Å². The third-order valence-corrected chi connectivity index (χ3v) is 0.915. The molecule has 0 aliphatic heterocycles. The van der Waals surface area contributed by atoms with E-state index in [-0.39, 0.29) is 6.61 Å². The molecule has 0 aliphatic rings. The molecule has 0 spiro atoms. The molecular formula is C6H11O3-. The summed E-state index contributed by atoms with van der Waals surface area (Å²) >= 11 is 0. The van der Waals surface area contributed by atoms with Crippen LogP contribution < -0.4 is 5.11 Å². The summed E-state index contributed by atoms with van der Waals surface area (Å²) in [7, 11) is 0. The molecule has 0 N–H and O–H groups in total. The van der Waals surface area contributed by atoms with Crippen LogP contribution in [0.25, 0.3) is 0 Å². The van der Waals surface area contributed by atoms with Gasteiger partial charge in [-0.15, -0.1) is 0 Å². The van der Waals surface area contributed by atoms with Gasteiger partial charge in [-0.1, -0.05) is 13.8 Å². The van der Waals surface area contributed by atoms with E-state index in [1.165, 1.54) is 0 Å². The Labute approximate surface area is 54.6 Å². The van der Waals surface area contributed by atoms with Gasteiger partial charge < -0.3 is 14.6 Å². The number of rotatable bonds is 3. The van der Waals surface area contributed by atoms with Crippen LogP contribution in [-0.2, 0) is 4.74 Å². The minimum Gasteiger partial charge on any atom is -0.550 e. The molecule has 54 valence electrons. The van der Waals surface area contributed by atoms with Gasteiger partial charge in [-0.3, -0.25) is 0 Å². The standard InChI is InChI=1S/C6H12O3/c1-5(2)3-4-9-6(7)8/h5H,3-4H2,1-2H3,(H,7,8)/p-1. The highest BCUT2D eigenvalue weighted by Gasteiger charge is 1.90. The normalized spacial score (nSPS) is 9.67. The average Bonchev–Trinajstić information content (AvgIpc) is 1.63. The van der Waals surface area contributed by atoms with E-state index in [1.807, 2.05) is 13.8 Å². The minimum atomic E-state index is -1.43. The van der Waals surface area contributed by atoms with Gasteiger partial charge in [0, 0.05) is 6.61 Å². The minimum absolute atomic E-state index is 0.250. The zero-order valence-corrected chi connectivity index (χ0v) is 5.72. The zero-order chi connectivity index (χ0) is 7.28. The van der Waals surface area contributed by atoms with Crippen molar-refractivity contribution >= 4 is 6.16 Å². The second kappa shape index (κ2) is 4.18. The van der Waals surface area contributed by atoms with E-state index >= 15 is 0 Å². The molecule has 0 rings (SSSR count). The van der Waals surface area contributed by atoms with Crippen molar-refractivity contribution in [2.45, 2.75) is 20.3 Å². The van der Waals surface area contributed by atoms with Crippen molar-refractivity contribution in [3.8, 4) is 0 Å². The van der Waals surface area contributed by atoms with Crippen LogP contribution in [0.4, 0.5) is 4.79 Å². The zero-order valence-electron chi connectivity index (χ0n) is 5.72. The smallest absolute Gasteiger partial charge is 0.251 e. The third-order valence-electron chi connectivity index (χ3n) is 0.915. The average molecular weight is 131 g/mol. The Morgan fingerprint density at radius 3 is 2.56 bits per heavy atom. The van der Waals surface area contributed by atoms with Crippen LogP contribution in [0.3, 0.4) is 0 Å². The molecular weight excluding hydrogens is 120 g/mol. The second-order valence-corrected chi connectivity index (χ2v) is 2.28. The molecule has 0 saturated heterocycles. The lowest BCUT2D eigenvalue weighted by molar-refractivity contribution is -0.282. The van der Waals surface area contributed by atoms with Gasteiger partial charge in [0.15, 0.2) is 0 Å². The maximum Gasteiger partial charge on any atom is 0.251 e. The first-order chi connectivity index (χ1) is 4.13. The fraction of sp³-hybridized carbons (Fsp3) is 0.833. The van der Waals surface area contributed by atoms with Crippen molar-refractivity contribution in [2.24, 2.45) is 5.92 Å². The Morgan fingerprint density at radius 2 is 2.22 bits per heavy atom. The fourth-order valence-electron chi connectivity index (χ4n) is 0.378. The van der Waals surface area contributed by atoms with Gasteiger partial charge in [-0.05, 0) is 12.3 Å². The lowest BCUT2D eigenvalue weighted by atomic mass is 10.1. The molecule has 0 radical (unpaired) electrons. The van der Waals surface area contributed by atoms with Gasteiger partial charge in [0.25, 0.3) is 6.16 Å². The fourth-order valence-corrected chi connectivity index (χ4v) is 0.378. The van der Waals surface area contributed by atoms with E-state index in [0.717, 1.165) is 6.42 Å². The van der Waals surface area contributed by atoms with Crippen LogP contribution >= 0.6 is 0 Å². The second-order valence-electron chi connectivity index (χ2n) is 2.28. The number of ether oxygens (including phenoxy) is 1. The topological polar surface area (TPSA) is 49.4 Å². The highest BCUT2D eigenvalue weighted by molar-refractivity contribution is 5.53. The van der Waals surface area contributed by atoms with Gasteiger partial charge in [-0.2, -0.15) is 0 Å². The summed E-state index contributed by atoms with van der Waals surface area (Å²) in [5, 5.41) is 9.65.